The van der Waals surface area contributed by atoms with Gasteiger partial charge in [0.15, 0.2) is 0 Å². The predicted molar refractivity (Wildman–Crippen MR) is 67.6 cm³/mol. The number of rotatable bonds is 5. The van der Waals surface area contributed by atoms with Gasteiger partial charge in [0.1, 0.15) is 18.1 Å². The molecule has 4 heteroatoms. The monoisotopic (exact) mass is 250 g/mol. The highest BCUT2D eigenvalue weighted by molar-refractivity contribution is 7.09. The molecule has 0 atom stereocenters. The highest BCUT2D eigenvalue weighted by Crippen LogP contribution is 2.26. The van der Waals surface area contributed by atoms with Crippen LogP contribution in [0.15, 0.2) is 35.7 Å². The van der Waals surface area contributed by atoms with Crippen LogP contribution in [0.25, 0.3) is 0 Å². The van der Waals surface area contributed by atoms with Crippen molar-refractivity contribution in [3.05, 3.63) is 46.2 Å². The molecule has 1 heterocycles. The van der Waals surface area contributed by atoms with Crippen LogP contribution >= 0.6 is 11.3 Å². The Balaban J connectivity index is 2.12. The molecule has 0 unspecified atom stereocenters. The van der Waals surface area contributed by atoms with Crippen LogP contribution in [0.1, 0.15) is 10.4 Å². The van der Waals surface area contributed by atoms with Gasteiger partial charge in [-0.3, -0.25) is 0 Å². The number of aliphatic hydroxyl groups excluding tert-OH is 1. The summed E-state index contributed by atoms with van der Waals surface area (Å²) >= 11 is 1.65. The molecule has 3 nitrogen and oxygen atoms in total. The molecule has 2 rings (SSSR count). The molecular weight excluding hydrogens is 236 g/mol. The molecule has 90 valence electrons. The first-order chi connectivity index (χ1) is 8.33. The van der Waals surface area contributed by atoms with Crippen molar-refractivity contribution < 1.29 is 14.6 Å². The molecule has 0 aliphatic heterocycles. The number of benzene rings is 1. The lowest BCUT2D eigenvalue weighted by Crippen LogP contribution is -1.98. The summed E-state index contributed by atoms with van der Waals surface area (Å²) in [7, 11) is 1.61. The van der Waals surface area contributed by atoms with Crippen molar-refractivity contribution in [2.45, 2.75) is 13.2 Å². The van der Waals surface area contributed by atoms with E-state index >= 15 is 0 Å². The summed E-state index contributed by atoms with van der Waals surface area (Å²) in [5, 5.41) is 11.2. The van der Waals surface area contributed by atoms with Gasteiger partial charge in [0, 0.05) is 16.5 Å². The fourth-order valence-electron chi connectivity index (χ4n) is 1.47. The fourth-order valence-corrected chi connectivity index (χ4v) is 2.09. The number of hydrogen-bond donors (Lipinski definition) is 1. The second kappa shape index (κ2) is 5.70. The molecule has 1 aromatic heterocycles. The van der Waals surface area contributed by atoms with Crippen LogP contribution in [-0.2, 0) is 13.2 Å². The van der Waals surface area contributed by atoms with Gasteiger partial charge in [-0.1, -0.05) is 6.07 Å². The molecule has 0 radical (unpaired) electrons. The zero-order valence-corrected chi connectivity index (χ0v) is 10.4. The standard InChI is InChI=1S/C13H14O3S/c1-15-11-5-4-10(8-14)13(7-11)16-9-12-3-2-6-17-12/h2-7,14H,8-9H2,1H3. The average Bonchev–Trinajstić information content (AvgIpc) is 2.89. The number of aliphatic hydroxyl groups is 1. The topological polar surface area (TPSA) is 38.7 Å². The zero-order chi connectivity index (χ0) is 12.1. The van der Waals surface area contributed by atoms with Crippen molar-refractivity contribution in [2.24, 2.45) is 0 Å². The van der Waals surface area contributed by atoms with Crippen LogP contribution in [0.3, 0.4) is 0 Å². The van der Waals surface area contributed by atoms with E-state index in [2.05, 4.69) is 0 Å². The molecule has 1 N–H and O–H groups in total. The van der Waals surface area contributed by atoms with Gasteiger partial charge >= 0.3 is 0 Å². The van der Waals surface area contributed by atoms with Crippen LogP contribution in [0.2, 0.25) is 0 Å². The Bertz CT molecular complexity index is 466. The predicted octanol–water partition coefficient (Wildman–Crippen LogP) is 2.83. The maximum Gasteiger partial charge on any atom is 0.129 e. The smallest absolute Gasteiger partial charge is 0.129 e. The molecule has 1 aromatic carbocycles. The Labute approximate surface area is 104 Å². The average molecular weight is 250 g/mol. The van der Waals surface area contributed by atoms with Gasteiger partial charge in [0.05, 0.1) is 13.7 Å². The van der Waals surface area contributed by atoms with Crippen LogP contribution in [0, 0.1) is 0 Å². The van der Waals surface area contributed by atoms with Gasteiger partial charge in [-0.15, -0.1) is 11.3 Å². The van der Waals surface area contributed by atoms with Crippen molar-refractivity contribution >= 4 is 11.3 Å². The zero-order valence-electron chi connectivity index (χ0n) is 9.55. The van der Waals surface area contributed by atoms with Crippen LogP contribution in [0.5, 0.6) is 11.5 Å². The van der Waals surface area contributed by atoms with Crippen molar-refractivity contribution in [1.82, 2.24) is 0 Å². The first kappa shape index (κ1) is 12.0. The summed E-state index contributed by atoms with van der Waals surface area (Å²) in [6, 6.07) is 9.41. The van der Waals surface area contributed by atoms with E-state index < -0.39 is 0 Å². The maximum atomic E-state index is 9.22. The third kappa shape index (κ3) is 2.99. The SMILES string of the molecule is COc1ccc(CO)c(OCc2cccs2)c1. The molecule has 0 amide bonds. The second-order valence-corrected chi connectivity index (χ2v) is 4.53. The molecule has 0 spiro atoms. The van der Waals surface area contributed by atoms with Gasteiger partial charge < -0.3 is 14.6 Å². The van der Waals surface area contributed by atoms with Crippen molar-refractivity contribution in [1.29, 1.82) is 0 Å². The van der Waals surface area contributed by atoms with E-state index in [4.69, 9.17) is 9.47 Å². The Kier molecular flexibility index (Phi) is 4.01. The third-order valence-electron chi connectivity index (χ3n) is 2.39. The summed E-state index contributed by atoms with van der Waals surface area (Å²) in [5.74, 6) is 1.39. The Morgan fingerprint density at radius 2 is 2.18 bits per heavy atom. The number of hydrogen-bond acceptors (Lipinski definition) is 4. The third-order valence-corrected chi connectivity index (χ3v) is 3.24. The maximum absolute atomic E-state index is 9.22. The highest BCUT2D eigenvalue weighted by atomic mass is 32.1. The van der Waals surface area contributed by atoms with Crippen LogP contribution in [-0.4, -0.2) is 12.2 Å². The Hall–Kier alpha value is -1.52. The second-order valence-electron chi connectivity index (χ2n) is 3.50. The minimum absolute atomic E-state index is 0.0379. The Morgan fingerprint density at radius 1 is 1.29 bits per heavy atom. The first-order valence-electron chi connectivity index (χ1n) is 5.26. The van der Waals surface area contributed by atoms with E-state index in [-0.39, 0.29) is 6.61 Å². The Morgan fingerprint density at radius 3 is 2.82 bits per heavy atom. The molecule has 17 heavy (non-hydrogen) atoms. The molecule has 0 saturated carbocycles. The van der Waals surface area contributed by atoms with E-state index in [1.807, 2.05) is 29.6 Å². The summed E-state index contributed by atoms with van der Waals surface area (Å²) in [6.45, 7) is 0.474. The lowest BCUT2D eigenvalue weighted by Gasteiger charge is -2.10. The normalized spacial score (nSPS) is 10.2. The summed E-state index contributed by atoms with van der Waals surface area (Å²) in [6.07, 6.45) is 0. The highest BCUT2D eigenvalue weighted by Gasteiger charge is 2.05. The molecule has 0 aliphatic rings. The summed E-state index contributed by atoms with van der Waals surface area (Å²) < 4.78 is 10.8. The largest absolute Gasteiger partial charge is 0.497 e. The quantitative estimate of drug-likeness (QED) is 0.886. The molecule has 0 fully saturated rings. The fraction of sp³-hybridized carbons (Fsp3) is 0.231. The van der Waals surface area contributed by atoms with Gasteiger partial charge in [0.25, 0.3) is 0 Å². The molecule has 0 saturated heterocycles. The van der Waals surface area contributed by atoms with Crippen LogP contribution in [0.4, 0.5) is 0 Å². The number of ether oxygens (including phenoxy) is 2. The lowest BCUT2D eigenvalue weighted by atomic mass is 10.2. The summed E-state index contributed by atoms with van der Waals surface area (Å²) in [4.78, 5) is 1.15. The van der Waals surface area contributed by atoms with E-state index in [0.717, 1.165) is 16.2 Å². The molecule has 0 bridgehead atoms. The van der Waals surface area contributed by atoms with E-state index in [1.54, 1.807) is 24.5 Å². The molecule has 0 aliphatic carbocycles. The van der Waals surface area contributed by atoms with E-state index in [0.29, 0.717) is 12.4 Å². The van der Waals surface area contributed by atoms with Crippen molar-refractivity contribution in [3.63, 3.8) is 0 Å². The van der Waals surface area contributed by atoms with Gasteiger partial charge in [0.2, 0.25) is 0 Å². The number of methoxy groups -OCH3 is 1. The van der Waals surface area contributed by atoms with Gasteiger partial charge in [-0.2, -0.15) is 0 Å². The van der Waals surface area contributed by atoms with Crippen LogP contribution < -0.4 is 9.47 Å². The molecule has 2 aromatic rings. The number of thiophene rings is 1. The summed E-state index contributed by atoms with van der Waals surface area (Å²) in [5.41, 5.74) is 0.766. The van der Waals surface area contributed by atoms with Crippen molar-refractivity contribution in [2.75, 3.05) is 7.11 Å². The lowest BCUT2D eigenvalue weighted by molar-refractivity contribution is 0.259. The van der Waals surface area contributed by atoms with E-state index in [1.165, 1.54) is 0 Å². The minimum atomic E-state index is -0.0379. The van der Waals surface area contributed by atoms with Gasteiger partial charge in [-0.25, -0.2) is 0 Å². The minimum Gasteiger partial charge on any atom is -0.497 e. The van der Waals surface area contributed by atoms with E-state index in [9.17, 15) is 5.11 Å². The van der Waals surface area contributed by atoms with Gasteiger partial charge in [-0.05, 0) is 23.6 Å². The first-order valence-corrected chi connectivity index (χ1v) is 6.14. The molecular formula is C13H14O3S. The van der Waals surface area contributed by atoms with Crippen molar-refractivity contribution in [3.8, 4) is 11.5 Å².